The Kier molecular flexibility index (Phi) is 3.31. The van der Waals surface area contributed by atoms with E-state index in [-0.39, 0.29) is 11.9 Å². The van der Waals surface area contributed by atoms with E-state index in [1.165, 1.54) is 5.56 Å². The summed E-state index contributed by atoms with van der Waals surface area (Å²) in [5.41, 5.74) is 5.51. The van der Waals surface area contributed by atoms with Gasteiger partial charge in [0.05, 0.1) is 11.7 Å². The molecule has 2 heterocycles. The number of H-pyrrole nitrogens is 1. The lowest BCUT2D eigenvalue weighted by Crippen LogP contribution is -2.21. The number of fused-ring (bicyclic) bond motifs is 1. The third-order valence-electron chi connectivity index (χ3n) is 4.10. The summed E-state index contributed by atoms with van der Waals surface area (Å²) < 4.78 is 0.984. The van der Waals surface area contributed by atoms with E-state index >= 15 is 0 Å². The summed E-state index contributed by atoms with van der Waals surface area (Å²) >= 11 is 3.49. The third kappa shape index (κ3) is 2.37. The lowest BCUT2D eigenvalue weighted by Gasteiger charge is -2.13. The molecule has 1 aromatic heterocycles. The van der Waals surface area contributed by atoms with Crippen LogP contribution in [0, 0.1) is 6.92 Å². The predicted molar refractivity (Wildman–Crippen MR) is 92.2 cm³/mol. The Bertz CT molecular complexity index is 899. The van der Waals surface area contributed by atoms with Gasteiger partial charge >= 0.3 is 0 Å². The van der Waals surface area contributed by atoms with Crippen LogP contribution in [0.4, 0.5) is 0 Å². The first-order chi connectivity index (χ1) is 11.1. The van der Waals surface area contributed by atoms with Crippen molar-refractivity contribution in [3.63, 3.8) is 0 Å². The average molecular weight is 368 g/mol. The van der Waals surface area contributed by atoms with Crippen LogP contribution in [0.3, 0.4) is 0 Å². The van der Waals surface area contributed by atoms with Gasteiger partial charge in [0.15, 0.2) is 0 Å². The first-order valence-corrected chi connectivity index (χ1v) is 8.14. The second kappa shape index (κ2) is 5.35. The van der Waals surface area contributed by atoms with Crippen molar-refractivity contribution in [2.75, 3.05) is 0 Å². The Balaban J connectivity index is 1.86. The van der Waals surface area contributed by atoms with E-state index in [9.17, 15) is 4.79 Å². The highest BCUT2D eigenvalue weighted by Crippen LogP contribution is 2.37. The molecule has 4 rings (SSSR count). The number of amides is 1. The molecule has 0 fully saturated rings. The van der Waals surface area contributed by atoms with E-state index in [1.807, 2.05) is 43.3 Å². The Morgan fingerprint density at radius 3 is 2.65 bits per heavy atom. The van der Waals surface area contributed by atoms with Crippen LogP contribution < -0.4 is 5.32 Å². The summed E-state index contributed by atoms with van der Waals surface area (Å²) in [7, 11) is 0. The van der Waals surface area contributed by atoms with E-state index in [4.69, 9.17) is 0 Å². The summed E-state index contributed by atoms with van der Waals surface area (Å²) in [6.07, 6.45) is 0. The van der Waals surface area contributed by atoms with Crippen molar-refractivity contribution < 1.29 is 4.79 Å². The number of hydrogen-bond acceptors (Lipinski definition) is 2. The molecule has 1 amide bonds. The molecule has 0 bridgehead atoms. The lowest BCUT2D eigenvalue weighted by atomic mass is 9.96. The molecule has 0 saturated heterocycles. The van der Waals surface area contributed by atoms with Crippen molar-refractivity contribution in [2.45, 2.75) is 13.0 Å². The molecule has 1 atom stereocenters. The Hall–Kier alpha value is -2.40. The number of benzene rings is 2. The summed E-state index contributed by atoms with van der Waals surface area (Å²) in [4.78, 5) is 12.2. The minimum Gasteiger partial charge on any atom is -0.340 e. The maximum absolute atomic E-state index is 12.2. The second-order valence-electron chi connectivity index (χ2n) is 5.69. The van der Waals surface area contributed by atoms with E-state index in [0.29, 0.717) is 5.69 Å². The standard InChI is InChI=1S/C18H14BrN3O/c1-10-5-7-11(8-6-10)16-14-15(12-3-2-4-13(19)9-12)20-18(23)17(14)22-21-16/h2-9,15H,1H3,(H,20,23)(H,21,22)/t15-/m0/s1. The SMILES string of the molecule is Cc1ccc(-c2n[nH]c3c2[C@H](c2cccc(Br)c2)NC3=O)cc1. The van der Waals surface area contributed by atoms with Crippen LogP contribution in [0.1, 0.15) is 33.2 Å². The van der Waals surface area contributed by atoms with Gasteiger partial charge in [0.2, 0.25) is 0 Å². The van der Waals surface area contributed by atoms with E-state index in [2.05, 4.69) is 43.6 Å². The van der Waals surface area contributed by atoms with Crippen molar-refractivity contribution >= 4 is 21.8 Å². The van der Waals surface area contributed by atoms with Gasteiger partial charge in [0.1, 0.15) is 5.69 Å². The van der Waals surface area contributed by atoms with E-state index in [0.717, 1.165) is 26.9 Å². The molecule has 114 valence electrons. The molecular formula is C18H14BrN3O. The molecule has 1 aliphatic heterocycles. The second-order valence-corrected chi connectivity index (χ2v) is 6.60. The molecule has 1 aliphatic rings. The molecule has 0 aliphatic carbocycles. The van der Waals surface area contributed by atoms with Gasteiger partial charge in [-0.05, 0) is 24.6 Å². The normalized spacial score (nSPS) is 16.3. The highest BCUT2D eigenvalue weighted by Gasteiger charge is 2.35. The Morgan fingerprint density at radius 2 is 1.91 bits per heavy atom. The number of nitrogens with zero attached hydrogens (tertiary/aromatic N) is 1. The van der Waals surface area contributed by atoms with Crippen LogP contribution in [0.15, 0.2) is 53.0 Å². The van der Waals surface area contributed by atoms with Gasteiger partial charge in [0.25, 0.3) is 5.91 Å². The molecular weight excluding hydrogens is 354 g/mol. The van der Waals surface area contributed by atoms with Gasteiger partial charge < -0.3 is 5.32 Å². The minimum atomic E-state index is -0.190. The van der Waals surface area contributed by atoms with Crippen LogP contribution in [-0.2, 0) is 0 Å². The summed E-state index contributed by atoms with van der Waals surface area (Å²) in [5.74, 6) is -0.115. The number of hydrogen-bond donors (Lipinski definition) is 2. The molecule has 2 aromatic carbocycles. The molecule has 0 saturated carbocycles. The molecule has 0 unspecified atom stereocenters. The van der Waals surface area contributed by atoms with Crippen molar-refractivity contribution in [3.8, 4) is 11.3 Å². The van der Waals surface area contributed by atoms with Gasteiger partial charge in [-0.1, -0.05) is 57.9 Å². The summed E-state index contributed by atoms with van der Waals surface area (Å²) in [6.45, 7) is 2.05. The zero-order valence-corrected chi connectivity index (χ0v) is 14.0. The predicted octanol–water partition coefficient (Wildman–Crippen LogP) is 3.98. The number of nitrogens with one attached hydrogen (secondary N) is 2. The fraction of sp³-hybridized carbons (Fsp3) is 0.111. The number of halogens is 1. The molecule has 0 radical (unpaired) electrons. The van der Waals surface area contributed by atoms with Crippen LogP contribution in [0.2, 0.25) is 0 Å². The Labute approximate surface area is 142 Å². The third-order valence-corrected chi connectivity index (χ3v) is 4.60. The topological polar surface area (TPSA) is 57.8 Å². The molecule has 4 nitrogen and oxygen atoms in total. The lowest BCUT2D eigenvalue weighted by molar-refractivity contribution is 0.0955. The number of aryl methyl sites for hydroxylation is 1. The number of aromatic nitrogens is 2. The maximum Gasteiger partial charge on any atom is 0.270 e. The Morgan fingerprint density at radius 1 is 1.13 bits per heavy atom. The largest absolute Gasteiger partial charge is 0.340 e. The number of aromatic amines is 1. The molecule has 2 N–H and O–H groups in total. The molecule has 23 heavy (non-hydrogen) atoms. The highest BCUT2D eigenvalue weighted by molar-refractivity contribution is 9.10. The van der Waals surface area contributed by atoms with Gasteiger partial charge in [-0.15, -0.1) is 0 Å². The molecule has 3 aromatic rings. The first kappa shape index (κ1) is 14.2. The summed E-state index contributed by atoms with van der Waals surface area (Å²) in [5, 5.41) is 10.3. The van der Waals surface area contributed by atoms with Gasteiger partial charge in [-0.25, -0.2) is 0 Å². The maximum atomic E-state index is 12.2. The van der Waals surface area contributed by atoms with Crippen LogP contribution >= 0.6 is 15.9 Å². The minimum absolute atomic E-state index is 0.115. The van der Waals surface area contributed by atoms with E-state index in [1.54, 1.807) is 0 Å². The van der Waals surface area contributed by atoms with Crippen LogP contribution in [-0.4, -0.2) is 16.1 Å². The van der Waals surface area contributed by atoms with Crippen LogP contribution in [0.5, 0.6) is 0 Å². The number of rotatable bonds is 2. The fourth-order valence-corrected chi connectivity index (χ4v) is 3.36. The summed E-state index contributed by atoms with van der Waals surface area (Å²) in [6, 6.07) is 15.9. The number of carbonyl (C=O) groups excluding carboxylic acids is 1. The van der Waals surface area contributed by atoms with Crippen molar-refractivity contribution in [1.82, 2.24) is 15.5 Å². The average Bonchev–Trinajstić information content (AvgIpc) is 3.10. The van der Waals surface area contributed by atoms with Crippen molar-refractivity contribution in [3.05, 3.63) is 75.4 Å². The van der Waals surface area contributed by atoms with Crippen molar-refractivity contribution in [2.24, 2.45) is 0 Å². The van der Waals surface area contributed by atoms with Crippen LogP contribution in [0.25, 0.3) is 11.3 Å². The zero-order valence-electron chi connectivity index (χ0n) is 12.4. The first-order valence-electron chi connectivity index (χ1n) is 7.35. The fourth-order valence-electron chi connectivity index (χ4n) is 2.95. The highest BCUT2D eigenvalue weighted by atomic mass is 79.9. The zero-order chi connectivity index (χ0) is 16.0. The monoisotopic (exact) mass is 367 g/mol. The molecule has 5 heteroatoms. The van der Waals surface area contributed by atoms with E-state index < -0.39 is 0 Å². The quantitative estimate of drug-likeness (QED) is 0.719. The number of carbonyl (C=O) groups is 1. The van der Waals surface area contributed by atoms with Gasteiger partial charge in [-0.2, -0.15) is 5.10 Å². The van der Waals surface area contributed by atoms with Gasteiger partial charge in [0, 0.05) is 15.6 Å². The molecule has 0 spiro atoms. The smallest absolute Gasteiger partial charge is 0.270 e. The van der Waals surface area contributed by atoms with Gasteiger partial charge in [-0.3, -0.25) is 9.89 Å². The van der Waals surface area contributed by atoms with Crippen molar-refractivity contribution in [1.29, 1.82) is 0 Å².